The van der Waals surface area contributed by atoms with Crippen molar-refractivity contribution in [3.8, 4) is 0 Å². The van der Waals surface area contributed by atoms with Gasteiger partial charge in [-0.05, 0) is 30.4 Å². The largest absolute Gasteiger partial charge is 0.464 e. The average Bonchev–Trinajstić information content (AvgIpc) is 2.55. The fraction of sp³-hybridized carbons (Fsp3) is 0.579. The Morgan fingerprint density at radius 2 is 1.92 bits per heavy atom. The van der Waals surface area contributed by atoms with Crippen molar-refractivity contribution < 1.29 is 19.1 Å². The third kappa shape index (κ3) is 7.03. The van der Waals surface area contributed by atoms with Crippen LogP contribution in [0.25, 0.3) is 0 Å². The van der Waals surface area contributed by atoms with E-state index in [1.807, 2.05) is 12.1 Å². The van der Waals surface area contributed by atoms with E-state index in [1.165, 1.54) is 0 Å². The molecule has 0 aliphatic carbocycles. The molecule has 1 N–H and O–H groups in total. The van der Waals surface area contributed by atoms with E-state index >= 15 is 0 Å². The molecule has 0 aliphatic heterocycles. The number of ether oxygens (including phenoxy) is 1. The van der Waals surface area contributed by atoms with Crippen LogP contribution in [0, 0.1) is 11.3 Å². The Morgan fingerprint density at radius 1 is 1.24 bits per heavy atom. The van der Waals surface area contributed by atoms with E-state index in [0.29, 0.717) is 6.42 Å². The van der Waals surface area contributed by atoms with Crippen molar-refractivity contribution in [3.05, 3.63) is 30.1 Å². The van der Waals surface area contributed by atoms with Gasteiger partial charge in [0.2, 0.25) is 5.78 Å². The first-order valence-corrected chi connectivity index (χ1v) is 8.53. The smallest absolute Gasteiger partial charge is 0.328 e. The highest BCUT2D eigenvalue weighted by atomic mass is 16.5. The summed E-state index contributed by atoms with van der Waals surface area (Å²) in [5, 5.41) is 2.51. The summed E-state index contributed by atoms with van der Waals surface area (Å²) in [5.74, 6) is -2.00. The number of carbonyl (C=O) groups is 3. The fourth-order valence-corrected chi connectivity index (χ4v) is 2.13. The van der Waals surface area contributed by atoms with Gasteiger partial charge in [0.15, 0.2) is 0 Å². The molecule has 0 saturated carbocycles. The topological polar surface area (TPSA) is 85.4 Å². The SMILES string of the molecule is CC(C)[C@H](NC(=O)C(=O)C(C)(C)C)C(=O)OCCCc1cccnc1. The van der Waals surface area contributed by atoms with Crippen LogP contribution >= 0.6 is 0 Å². The van der Waals surface area contributed by atoms with Gasteiger partial charge in [-0.1, -0.05) is 40.7 Å². The Morgan fingerprint density at radius 3 is 2.44 bits per heavy atom. The minimum absolute atomic E-state index is 0.178. The number of rotatable bonds is 8. The quantitative estimate of drug-likeness (QED) is 0.443. The molecule has 25 heavy (non-hydrogen) atoms. The lowest BCUT2D eigenvalue weighted by Gasteiger charge is -2.23. The molecule has 0 unspecified atom stereocenters. The summed E-state index contributed by atoms with van der Waals surface area (Å²) in [5.41, 5.74) is 0.280. The highest BCUT2D eigenvalue weighted by Gasteiger charge is 2.33. The van der Waals surface area contributed by atoms with Crippen LogP contribution in [0.15, 0.2) is 24.5 Å². The molecule has 1 atom stereocenters. The van der Waals surface area contributed by atoms with E-state index in [2.05, 4.69) is 10.3 Å². The number of esters is 1. The number of carbonyl (C=O) groups excluding carboxylic acids is 3. The van der Waals surface area contributed by atoms with E-state index < -0.39 is 29.1 Å². The molecule has 1 aromatic heterocycles. The van der Waals surface area contributed by atoms with E-state index in [-0.39, 0.29) is 12.5 Å². The van der Waals surface area contributed by atoms with Crippen molar-refractivity contribution in [2.24, 2.45) is 11.3 Å². The van der Waals surface area contributed by atoms with Gasteiger partial charge in [0.1, 0.15) is 6.04 Å². The summed E-state index contributed by atoms with van der Waals surface area (Å²) in [6.45, 7) is 8.83. The molecular formula is C19H28N2O4. The molecule has 1 rings (SSSR count). The molecule has 138 valence electrons. The first-order chi connectivity index (χ1) is 11.6. The van der Waals surface area contributed by atoms with Crippen molar-refractivity contribution >= 4 is 17.7 Å². The van der Waals surface area contributed by atoms with Gasteiger partial charge in [0, 0.05) is 17.8 Å². The Balaban J connectivity index is 2.50. The second-order valence-corrected chi connectivity index (χ2v) is 7.41. The van der Waals surface area contributed by atoms with Crippen molar-refractivity contribution in [2.45, 2.75) is 53.5 Å². The van der Waals surface area contributed by atoms with E-state index in [4.69, 9.17) is 4.74 Å². The molecule has 0 fully saturated rings. The summed E-state index contributed by atoms with van der Waals surface area (Å²) < 4.78 is 5.27. The van der Waals surface area contributed by atoms with E-state index in [0.717, 1.165) is 12.0 Å². The number of nitrogens with one attached hydrogen (secondary N) is 1. The molecule has 0 aromatic carbocycles. The predicted octanol–water partition coefficient (Wildman–Crippen LogP) is 2.31. The number of ketones is 1. The predicted molar refractivity (Wildman–Crippen MR) is 94.7 cm³/mol. The van der Waals surface area contributed by atoms with Crippen LogP contribution < -0.4 is 5.32 Å². The number of Topliss-reactive ketones (excluding diaryl/α,β-unsaturated/α-hetero) is 1. The maximum absolute atomic E-state index is 12.2. The zero-order valence-electron chi connectivity index (χ0n) is 15.7. The number of amides is 1. The Bertz CT molecular complexity index is 591. The summed E-state index contributed by atoms with van der Waals surface area (Å²) in [6.07, 6.45) is 4.90. The molecule has 6 nitrogen and oxygen atoms in total. The first kappa shape index (κ1) is 20.8. The van der Waals surface area contributed by atoms with Crippen LogP contribution in [-0.4, -0.2) is 35.3 Å². The number of aryl methyl sites for hydroxylation is 1. The zero-order valence-corrected chi connectivity index (χ0v) is 15.7. The molecule has 1 aromatic rings. The minimum Gasteiger partial charge on any atom is -0.464 e. The van der Waals surface area contributed by atoms with Gasteiger partial charge in [0.25, 0.3) is 5.91 Å². The first-order valence-electron chi connectivity index (χ1n) is 8.53. The summed E-state index contributed by atoms with van der Waals surface area (Å²) in [6, 6.07) is 2.99. The molecule has 1 heterocycles. The molecule has 1 amide bonds. The summed E-state index contributed by atoms with van der Waals surface area (Å²) in [7, 11) is 0. The van der Waals surface area contributed by atoms with Gasteiger partial charge < -0.3 is 10.1 Å². The van der Waals surface area contributed by atoms with Gasteiger partial charge in [-0.15, -0.1) is 0 Å². The number of nitrogens with zero attached hydrogens (tertiary/aromatic N) is 1. The van der Waals surface area contributed by atoms with Crippen LogP contribution in [0.4, 0.5) is 0 Å². The maximum Gasteiger partial charge on any atom is 0.328 e. The average molecular weight is 348 g/mol. The number of hydrogen-bond acceptors (Lipinski definition) is 5. The van der Waals surface area contributed by atoms with Crippen molar-refractivity contribution in [2.75, 3.05) is 6.61 Å². The second-order valence-electron chi connectivity index (χ2n) is 7.41. The fourth-order valence-electron chi connectivity index (χ4n) is 2.13. The highest BCUT2D eigenvalue weighted by molar-refractivity contribution is 6.38. The van der Waals surface area contributed by atoms with Crippen LogP contribution in [0.2, 0.25) is 0 Å². The third-order valence-electron chi connectivity index (χ3n) is 3.67. The van der Waals surface area contributed by atoms with Crippen LogP contribution in [0.3, 0.4) is 0 Å². The molecule has 0 saturated heterocycles. The lowest BCUT2D eigenvalue weighted by Crippen LogP contribution is -2.49. The molecule has 0 radical (unpaired) electrons. The lowest BCUT2D eigenvalue weighted by molar-refractivity contribution is -0.151. The van der Waals surface area contributed by atoms with E-state index in [1.54, 1.807) is 47.0 Å². The van der Waals surface area contributed by atoms with Crippen LogP contribution in [0.5, 0.6) is 0 Å². The van der Waals surface area contributed by atoms with Gasteiger partial charge in [-0.25, -0.2) is 4.79 Å². The monoisotopic (exact) mass is 348 g/mol. The van der Waals surface area contributed by atoms with Crippen molar-refractivity contribution in [3.63, 3.8) is 0 Å². The third-order valence-corrected chi connectivity index (χ3v) is 3.67. The summed E-state index contributed by atoms with van der Waals surface area (Å²) in [4.78, 5) is 40.3. The Kier molecular flexibility index (Phi) is 7.74. The Hall–Kier alpha value is -2.24. The molecule has 0 bridgehead atoms. The number of aromatic nitrogens is 1. The maximum atomic E-state index is 12.2. The van der Waals surface area contributed by atoms with Gasteiger partial charge in [-0.3, -0.25) is 14.6 Å². The van der Waals surface area contributed by atoms with Crippen molar-refractivity contribution in [1.82, 2.24) is 10.3 Å². The summed E-state index contributed by atoms with van der Waals surface area (Å²) >= 11 is 0. The number of pyridine rings is 1. The van der Waals surface area contributed by atoms with Gasteiger partial charge in [-0.2, -0.15) is 0 Å². The number of hydrogen-bond donors (Lipinski definition) is 1. The van der Waals surface area contributed by atoms with Gasteiger partial charge in [0.05, 0.1) is 6.61 Å². The van der Waals surface area contributed by atoms with E-state index in [9.17, 15) is 14.4 Å². The van der Waals surface area contributed by atoms with Crippen LogP contribution in [-0.2, 0) is 25.5 Å². The lowest BCUT2D eigenvalue weighted by atomic mass is 9.90. The molecule has 6 heteroatoms. The van der Waals surface area contributed by atoms with Gasteiger partial charge >= 0.3 is 5.97 Å². The minimum atomic E-state index is -0.836. The molecular weight excluding hydrogens is 320 g/mol. The standard InChI is InChI=1S/C19H28N2O4/c1-13(2)15(21-17(23)16(22)19(3,4)5)18(24)25-11-7-9-14-8-6-10-20-12-14/h6,8,10,12-13,15H,7,9,11H2,1-5H3,(H,21,23)/t15-/m0/s1. The molecule has 0 aliphatic rings. The zero-order chi connectivity index (χ0) is 19.0. The normalized spacial score (nSPS) is 12.6. The highest BCUT2D eigenvalue weighted by Crippen LogP contribution is 2.15. The van der Waals surface area contributed by atoms with Crippen molar-refractivity contribution in [1.29, 1.82) is 0 Å². The Labute approximate surface area is 149 Å². The second kappa shape index (κ2) is 9.30. The van der Waals surface area contributed by atoms with Crippen LogP contribution in [0.1, 0.15) is 46.6 Å². The molecule has 0 spiro atoms.